The molecule has 0 radical (unpaired) electrons. The third kappa shape index (κ3) is 3.76. The summed E-state index contributed by atoms with van der Waals surface area (Å²) in [5.74, 6) is -0.613. The van der Waals surface area contributed by atoms with Gasteiger partial charge in [0.1, 0.15) is 5.04 Å². The summed E-state index contributed by atoms with van der Waals surface area (Å²) in [4.78, 5) is 27.6. The third-order valence-corrected chi connectivity index (χ3v) is 6.07. The van der Waals surface area contributed by atoms with E-state index in [1.165, 1.54) is 28.9 Å². The number of nitrogens with zero attached hydrogens (tertiary/aromatic N) is 5. The summed E-state index contributed by atoms with van der Waals surface area (Å²) in [6, 6.07) is 17.5. The molecule has 9 nitrogen and oxygen atoms in total. The van der Waals surface area contributed by atoms with Gasteiger partial charge in [-0.05, 0) is 49.0 Å². The van der Waals surface area contributed by atoms with Crippen molar-refractivity contribution in [2.24, 2.45) is 10.1 Å². The van der Waals surface area contributed by atoms with E-state index < -0.39 is 10.8 Å². The molecule has 2 aliphatic heterocycles. The van der Waals surface area contributed by atoms with E-state index in [0.29, 0.717) is 21.6 Å². The second-order valence-electron chi connectivity index (χ2n) is 7.37. The second-order valence-corrected chi connectivity index (χ2v) is 8.33. The van der Waals surface area contributed by atoms with Gasteiger partial charge in [-0.25, -0.2) is 0 Å². The van der Waals surface area contributed by atoms with Crippen LogP contribution in [0.1, 0.15) is 16.8 Å². The number of non-ortho nitro benzene ring substituents is 1. The lowest BCUT2D eigenvalue weighted by molar-refractivity contribution is -0.384. The van der Waals surface area contributed by atoms with E-state index in [1.54, 1.807) is 41.1 Å². The number of carbonyl (C=O) groups excluding carboxylic acids is 1. The lowest BCUT2D eigenvalue weighted by Crippen LogP contribution is -2.35. The molecule has 0 aliphatic carbocycles. The van der Waals surface area contributed by atoms with Gasteiger partial charge in [-0.1, -0.05) is 29.8 Å². The summed E-state index contributed by atoms with van der Waals surface area (Å²) in [7, 11) is 0. The lowest BCUT2D eigenvalue weighted by atomic mass is 10.1. The Hall–Kier alpha value is -4.31. The molecule has 0 atom stereocenters. The van der Waals surface area contributed by atoms with Gasteiger partial charge < -0.3 is 4.57 Å². The van der Waals surface area contributed by atoms with Gasteiger partial charge in [0.25, 0.3) is 11.6 Å². The number of fused-ring (bicyclic) bond motifs is 1. The third-order valence-electron chi connectivity index (χ3n) is 5.11. The fraction of sp³-hybridized carbons (Fsp3) is 0.0435. The minimum absolute atomic E-state index is 0.0392. The number of aromatic nitrogens is 1. The summed E-state index contributed by atoms with van der Waals surface area (Å²) >= 11 is 1.25. The molecular weight excluding hydrogens is 440 g/mol. The van der Waals surface area contributed by atoms with Crippen LogP contribution in [-0.2, 0) is 4.79 Å². The van der Waals surface area contributed by atoms with Crippen LogP contribution < -0.4 is 0 Å². The Morgan fingerprint density at radius 2 is 1.94 bits per heavy atom. The van der Waals surface area contributed by atoms with Gasteiger partial charge in [0.05, 0.1) is 16.2 Å². The Balaban J connectivity index is 1.50. The van der Waals surface area contributed by atoms with Crippen molar-refractivity contribution in [3.05, 3.63) is 99.4 Å². The summed E-state index contributed by atoms with van der Waals surface area (Å²) in [6.45, 7) is 1.98. The number of aliphatic imine (C=N–C) groups is 1. The maximum Gasteiger partial charge on any atom is 0.283 e. The number of amides is 1. The smallest absolute Gasteiger partial charge is 0.283 e. The zero-order valence-corrected chi connectivity index (χ0v) is 18.1. The van der Waals surface area contributed by atoms with Crippen molar-refractivity contribution in [1.29, 1.82) is 5.41 Å². The van der Waals surface area contributed by atoms with Crippen LogP contribution in [-0.4, -0.2) is 36.5 Å². The zero-order valence-electron chi connectivity index (χ0n) is 17.3. The number of benzene rings is 2. The molecule has 5 rings (SSSR count). The van der Waals surface area contributed by atoms with Crippen molar-refractivity contribution in [1.82, 2.24) is 9.58 Å². The van der Waals surface area contributed by atoms with Crippen LogP contribution in [0.25, 0.3) is 11.8 Å². The molecule has 162 valence electrons. The molecule has 0 fully saturated rings. The van der Waals surface area contributed by atoms with Crippen LogP contribution in [0.4, 0.5) is 5.69 Å². The number of thioether (sulfide) groups is 1. The number of aryl methyl sites for hydroxylation is 1. The minimum Gasteiger partial charge on any atom is -0.317 e. The summed E-state index contributed by atoms with van der Waals surface area (Å²) in [5.41, 5.74) is 3.16. The Bertz CT molecular complexity index is 1440. The second kappa shape index (κ2) is 7.99. The van der Waals surface area contributed by atoms with Crippen LogP contribution in [0.15, 0.2) is 82.5 Å². The molecule has 1 amide bonds. The largest absolute Gasteiger partial charge is 0.317 e. The van der Waals surface area contributed by atoms with E-state index in [1.807, 2.05) is 31.2 Å². The fourth-order valence-corrected chi connectivity index (χ4v) is 4.43. The van der Waals surface area contributed by atoms with E-state index in [4.69, 9.17) is 5.41 Å². The maximum atomic E-state index is 12.8. The monoisotopic (exact) mass is 456 g/mol. The summed E-state index contributed by atoms with van der Waals surface area (Å²) in [6.07, 6.45) is 3.28. The number of hydrogen-bond donors (Lipinski definition) is 1. The molecule has 1 aromatic heterocycles. The molecule has 10 heteroatoms. The minimum atomic E-state index is -0.536. The highest BCUT2D eigenvalue weighted by atomic mass is 32.2. The first-order chi connectivity index (χ1) is 15.9. The number of nitro benzene ring substituents is 1. The van der Waals surface area contributed by atoms with E-state index in [9.17, 15) is 14.9 Å². The first kappa shape index (κ1) is 20.6. The molecule has 33 heavy (non-hydrogen) atoms. The SMILES string of the molecule is Cc1cccc(C2=NN3C(=N)/C(=C\c4cccn4-c4cccc([N+](=O)[O-])c4)C(=O)N=C3S2)c1. The quantitative estimate of drug-likeness (QED) is 0.356. The van der Waals surface area contributed by atoms with Gasteiger partial charge in [-0.3, -0.25) is 20.3 Å². The molecule has 0 bridgehead atoms. The van der Waals surface area contributed by atoms with Crippen molar-refractivity contribution in [3.63, 3.8) is 0 Å². The van der Waals surface area contributed by atoms with Crippen LogP contribution in [0.2, 0.25) is 0 Å². The standard InChI is InChI=1S/C23H16N6O3S/c1-14-5-2-6-15(11-14)22-26-28-20(24)19(21(30)25-23(28)33-22)13-17-9-4-10-27(17)16-7-3-8-18(12-16)29(31)32/h2-13,24H,1H3/b19-13+,24-20?. The molecular formula is C23H16N6O3S. The van der Waals surface area contributed by atoms with E-state index in [-0.39, 0.29) is 17.1 Å². The number of hydrazone groups is 1. The molecule has 0 saturated heterocycles. The van der Waals surface area contributed by atoms with Crippen molar-refractivity contribution < 1.29 is 9.72 Å². The summed E-state index contributed by atoms with van der Waals surface area (Å²) in [5, 5.41) is 26.6. The number of nitrogens with one attached hydrogen (secondary N) is 1. The molecule has 3 aromatic rings. The zero-order chi connectivity index (χ0) is 23.1. The number of nitro groups is 1. The number of carbonyl (C=O) groups is 1. The first-order valence-corrected chi connectivity index (χ1v) is 10.7. The molecule has 0 unspecified atom stereocenters. The molecule has 0 spiro atoms. The number of hydrogen-bond acceptors (Lipinski definition) is 6. The van der Waals surface area contributed by atoms with Crippen LogP contribution in [0.3, 0.4) is 0 Å². The van der Waals surface area contributed by atoms with Gasteiger partial charge in [0, 0.05) is 29.6 Å². The highest BCUT2D eigenvalue weighted by Gasteiger charge is 2.36. The predicted molar refractivity (Wildman–Crippen MR) is 128 cm³/mol. The van der Waals surface area contributed by atoms with Crippen LogP contribution in [0, 0.1) is 22.4 Å². The number of rotatable bonds is 4. The Morgan fingerprint density at radius 1 is 1.12 bits per heavy atom. The summed E-state index contributed by atoms with van der Waals surface area (Å²) < 4.78 is 1.71. The van der Waals surface area contributed by atoms with Crippen molar-refractivity contribution in [2.45, 2.75) is 6.92 Å². The highest BCUT2D eigenvalue weighted by molar-refractivity contribution is 8.27. The Morgan fingerprint density at radius 3 is 2.73 bits per heavy atom. The average molecular weight is 456 g/mol. The Kier molecular flexibility index (Phi) is 4.98. The average Bonchev–Trinajstić information content (AvgIpc) is 3.44. The topological polar surface area (TPSA) is 117 Å². The van der Waals surface area contributed by atoms with Gasteiger partial charge >= 0.3 is 0 Å². The molecule has 3 heterocycles. The predicted octanol–water partition coefficient (Wildman–Crippen LogP) is 4.36. The molecule has 0 saturated carbocycles. The van der Waals surface area contributed by atoms with E-state index in [2.05, 4.69) is 10.1 Å². The van der Waals surface area contributed by atoms with Crippen molar-refractivity contribution >= 4 is 45.5 Å². The number of amidine groups is 2. The Labute approximate surface area is 192 Å². The first-order valence-electron chi connectivity index (χ1n) is 9.90. The molecule has 1 N–H and O–H groups in total. The van der Waals surface area contributed by atoms with Gasteiger partial charge in [0.2, 0.25) is 5.17 Å². The normalized spacial score (nSPS) is 16.6. The van der Waals surface area contributed by atoms with Crippen molar-refractivity contribution in [2.75, 3.05) is 0 Å². The van der Waals surface area contributed by atoms with Crippen molar-refractivity contribution in [3.8, 4) is 5.69 Å². The lowest BCUT2D eigenvalue weighted by Gasteiger charge is -2.20. The van der Waals surface area contributed by atoms with Gasteiger partial charge in [-0.15, -0.1) is 0 Å². The molecule has 2 aromatic carbocycles. The fourth-order valence-electron chi connectivity index (χ4n) is 3.54. The van der Waals surface area contributed by atoms with E-state index in [0.717, 1.165) is 11.1 Å². The molecule has 2 aliphatic rings. The maximum absolute atomic E-state index is 12.8. The van der Waals surface area contributed by atoms with E-state index >= 15 is 0 Å². The van der Waals surface area contributed by atoms with Gasteiger partial charge in [0.15, 0.2) is 5.84 Å². The highest BCUT2D eigenvalue weighted by Crippen LogP contribution is 2.31. The van der Waals surface area contributed by atoms with Gasteiger partial charge in [-0.2, -0.15) is 15.1 Å². The van der Waals surface area contributed by atoms with Crippen LogP contribution >= 0.6 is 11.8 Å². The van der Waals surface area contributed by atoms with Crippen LogP contribution in [0.5, 0.6) is 0 Å².